The summed E-state index contributed by atoms with van der Waals surface area (Å²) in [7, 11) is 0. The van der Waals surface area contributed by atoms with Gasteiger partial charge in [-0.2, -0.15) is 0 Å². The molecule has 1 heterocycles. The predicted molar refractivity (Wildman–Crippen MR) is 70.7 cm³/mol. The lowest BCUT2D eigenvalue weighted by Crippen LogP contribution is -2.03. The topological polar surface area (TPSA) is 43.8 Å². The first-order valence-corrected chi connectivity index (χ1v) is 6.10. The van der Waals surface area contributed by atoms with Crippen molar-refractivity contribution in [1.29, 1.82) is 0 Å². The molecule has 0 amide bonds. The fourth-order valence-corrected chi connectivity index (χ4v) is 1.91. The van der Waals surface area contributed by atoms with Gasteiger partial charge in [0.1, 0.15) is 5.82 Å². The predicted octanol–water partition coefficient (Wildman–Crippen LogP) is 2.60. The highest BCUT2D eigenvalue weighted by Crippen LogP contribution is 2.18. The number of aryl methyl sites for hydroxylation is 2. The van der Waals surface area contributed by atoms with Gasteiger partial charge in [-0.15, -0.1) is 0 Å². The van der Waals surface area contributed by atoms with E-state index < -0.39 is 0 Å². The Labute approximate surface area is 102 Å². The Morgan fingerprint density at radius 2 is 1.94 bits per heavy atom. The highest BCUT2D eigenvalue weighted by molar-refractivity contribution is 5.58. The molecular formula is C14H19N3. The van der Waals surface area contributed by atoms with Crippen LogP contribution in [0.25, 0.3) is 11.3 Å². The Hall–Kier alpha value is -1.61. The third-order valence-electron chi connectivity index (χ3n) is 2.90. The van der Waals surface area contributed by atoms with Crippen LogP contribution in [0.15, 0.2) is 36.5 Å². The van der Waals surface area contributed by atoms with Crippen molar-refractivity contribution in [2.45, 2.75) is 26.3 Å². The fourth-order valence-electron chi connectivity index (χ4n) is 1.91. The summed E-state index contributed by atoms with van der Waals surface area (Å²) in [5.74, 6) is 1.07. The molecule has 3 heteroatoms. The fraction of sp³-hybridized carbons (Fsp3) is 0.357. The molecule has 0 aliphatic heterocycles. The van der Waals surface area contributed by atoms with Crippen molar-refractivity contribution in [3.63, 3.8) is 0 Å². The largest absolute Gasteiger partial charge is 0.335 e. The second kappa shape index (κ2) is 5.64. The monoisotopic (exact) mass is 229 g/mol. The molecule has 0 atom stereocenters. The van der Waals surface area contributed by atoms with Crippen LogP contribution in [0.1, 0.15) is 18.7 Å². The van der Waals surface area contributed by atoms with E-state index in [-0.39, 0.29) is 0 Å². The van der Waals surface area contributed by atoms with Crippen LogP contribution in [0.4, 0.5) is 0 Å². The first-order valence-electron chi connectivity index (χ1n) is 6.10. The molecule has 90 valence electrons. The van der Waals surface area contributed by atoms with Crippen LogP contribution in [0, 0.1) is 6.92 Å². The summed E-state index contributed by atoms with van der Waals surface area (Å²) in [5.41, 5.74) is 7.73. The number of hydrogen-bond donors (Lipinski definition) is 1. The molecule has 3 nitrogen and oxygen atoms in total. The summed E-state index contributed by atoms with van der Waals surface area (Å²) in [4.78, 5) is 4.59. The van der Waals surface area contributed by atoms with Crippen molar-refractivity contribution in [2.24, 2.45) is 5.73 Å². The van der Waals surface area contributed by atoms with E-state index >= 15 is 0 Å². The van der Waals surface area contributed by atoms with E-state index in [0.29, 0.717) is 0 Å². The normalized spacial score (nSPS) is 10.7. The SMILES string of the molecule is Cc1nc(-c2ccccc2)cn1CCCCN. The lowest BCUT2D eigenvalue weighted by Gasteiger charge is -2.02. The second-order valence-electron chi connectivity index (χ2n) is 4.23. The van der Waals surface area contributed by atoms with Gasteiger partial charge < -0.3 is 10.3 Å². The summed E-state index contributed by atoms with van der Waals surface area (Å²) in [6.07, 6.45) is 4.31. The Morgan fingerprint density at radius 1 is 1.18 bits per heavy atom. The van der Waals surface area contributed by atoms with Crippen LogP contribution in [0.5, 0.6) is 0 Å². The van der Waals surface area contributed by atoms with Crippen molar-refractivity contribution >= 4 is 0 Å². The van der Waals surface area contributed by atoms with Crippen LogP contribution in [-0.4, -0.2) is 16.1 Å². The highest BCUT2D eigenvalue weighted by Gasteiger charge is 2.05. The zero-order chi connectivity index (χ0) is 12.1. The van der Waals surface area contributed by atoms with Crippen molar-refractivity contribution in [1.82, 2.24) is 9.55 Å². The standard InChI is InChI=1S/C14H19N3/c1-12-16-14(13-7-3-2-4-8-13)11-17(12)10-6-5-9-15/h2-4,7-8,11H,5-6,9-10,15H2,1H3. The van der Waals surface area contributed by atoms with Crippen LogP contribution in [0.2, 0.25) is 0 Å². The first-order chi connectivity index (χ1) is 8.31. The molecule has 1 aromatic heterocycles. The minimum absolute atomic E-state index is 0.763. The number of benzene rings is 1. The molecule has 2 rings (SSSR count). The van der Waals surface area contributed by atoms with Crippen LogP contribution >= 0.6 is 0 Å². The van der Waals surface area contributed by atoms with Gasteiger partial charge in [0.05, 0.1) is 5.69 Å². The summed E-state index contributed by atoms with van der Waals surface area (Å²) >= 11 is 0. The molecule has 17 heavy (non-hydrogen) atoms. The summed E-state index contributed by atoms with van der Waals surface area (Å²) in [6, 6.07) is 10.3. The molecule has 1 aromatic carbocycles. The van der Waals surface area contributed by atoms with Gasteiger partial charge in [0.15, 0.2) is 0 Å². The number of unbranched alkanes of at least 4 members (excludes halogenated alkanes) is 1. The summed E-state index contributed by atoms with van der Waals surface area (Å²) in [6.45, 7) is 3.82. The Bertz CT molecular complexity index is 460. The minimum Gasteiger partial charge on any atom is -0.335 e. The molecule has 0 saturated carbocycles. The van der Waals surface area contributed by atoms with Gasteiger partial charge in [-0.05, 0) is 26.3 Å². The van der Waals surface area contributed by atoms with Crippen molar-refractivity contribution < 1.29 is 0 Å². The molecule has 0 aliphatic rings. The maximum Gasteiger partial charge on any atom is 0.106 e. The number of rotatable bonds is 5. The lowest BCUT2D eigenvalue weighted by molar-refractivity contribution is 0.602. The Kier molecular flexibility index (Phi) is 3.94. The quantitative estimate of drug-likeness (QED) is 0.801. The first kappa shape index (κ1) is 11.9. The van der Waals surface area contributed by atoms with E-state index in [0.717, 1.165) is 37.4 Å². The Balaban J connectivity index is 2.13. The Morgan fingerprint density at radius 3 is 2.65 bits per heavy atom. The van der Waals surface area contributed by atoms with Gasteiger partial charge in [-0.25, -0.2) is 4.98 Å². The molecule has 0 aliphatic carbocycles. The minimum atomic E-state index is 0.763. The van der Waals surface area contributed by atoms with Crippen molar-refractivity contribution in [3.05, 3.63) is 42.4 Å². The number of nitrogens with zero attached hydrogens (tertiary/aromatic N) is 2. The lowest BCUT2D eigenvalue weighted by atomic mass is 10.2. The number of nitrogens with two attached hydrogens (primary N) is 1. The molecule has 0 saturated heterocycles. The molecule has 2 aromatic rings. The number of hydrogen-bond acceptors (Lipinski definition) is 2. The van der Waals surface area contributed by atoms with Crippen LogP contribution < -0.4 is 5.73 Å². The maximum atomic E-state index is 5.50. The van der Waals surface area contributed by atoms with Gasteiger partial charge in [0, 0.05) is 18.3 Å². The molecule has 2 N–H and O–H groups in total. The molecule has 0 radical (unpaired) electrons. The van der Waals surface area contributed by atoms with E-state index in [4.69, 9.17) is 5.73 Å². The van der Waals surface area contributed by atoms with Gasteiger partial charge in [-0.1, -0.05) is 30.3 Å². The molecule has 0 unspecified atom stereocenters. The zero-order valence-corrected chi connectivity index (χ0v) is 10.3. The van der Waals surface area contributed by atoms with E-state index in [1.807, 2.05) is 18.2 Å². The van der Waals surface area contributed by atoms with E-state index in [1.165, 1.54) is 5.56 Å². The zero-order valence-electron chi connectivity index (χ0n) is 10.3. The van der Waals surface area contributed by atoms with E-state index in [2.05, 4.69) is 34.8 Å². The number of imidazole rings is 1. The number of aromatic nitrogens is 2. The average Bonchev–Trinajstić information content (AvgIpc) is 2.73. The van der Waals surface area contributed by atoms with Gasteiger partial charge in [0.2, 0.25) is 0 Å². The molecular weight excluding hydrogens is 210 g/mol. The third kappa shape index (κ3) is 2.94. The van der Waals surface area contributed by atoms with Gasteiger partial charge in [-0.3, -0.25) is 0 Å². The van der Waals surface area contributed by atoms with Crippen molar-refractivity contribution in [3.8, 4) is 11.3 Å². The molecule has 0 spiro atoms. The molecule has 0 bridgehead atoms. The van der Waals surface area contributed by atoms with Gasteiger partial charge >= 0.3 is 0 Å². The maximum absolute atomic E-state index is 5.50. The average molecular weight is 229 g/mol. The summed E-state index contributed by atoms with van der Waals surface area (Å²) in [5, 5.41) is 0. The highest BCUT2D eigenvalue weighted by atomic mass is 15.1. The van der Waals surface area contributed by atoms with Crippen molar-refractivity contribution in [2.75, 3.05) is 6.54 Å². The van der Waals surface area contributed by atoms with E-state index in [1.54, 1.807) is 0 Å². The second-order valence-corrected chi connectivity index (χ2v) is 4.23. The third-order valence-corrected chi connectivity index (χ3v) is 2.90. The van der Waals surface area contributed by atoms with Crippen LogP contribution in [-0.2, 0) is 6.54 Å². The summed E-state index contributed by atoms with van der Waals surface area (Å²) < 4.78 is 2.21. The molecule has 0 fully saturated rings. The van der Waals surface area contributed by atoms with E-state index in [9.17, 15) is 0 Å². The van der Waals surface area contributed by atoms with Crippen LogP contribution in [0.3, 0.4) is 0 Å². The van der Waals surface area contributed by atoms with Gasteiger partial charge in [0.25, 0.3) is 0 Å². The smallest absolute Gasteiger partial charge is 0.106 e.